The molecule has 0 unspecified atom stereocenters. The van der Waals surface area contributed by atoms with Gasteiger partial charge in [-0.05, 0) is 23.8 Å². The molecule has 2 amide bonds. The lowest BCUT2D eigenvalue weighted by Gasteiger charge is -2.18. The van der Waals surface area contributed by atoms with Crippen LogP contribution in [0.5, 0.6) is 5.75 Å². The Labute approximate surface area is 165 Å². The summed E-state index contributed by atoms with van der Waals surface area (Å²) in [6.45, 7) is -0.140. The van der Waals surface area contributed by atoms with Crippen LogP contribution in [0, 0.1) is 0 Å². The number of aliphatic hydroxyl groups is 1. The Hall–Kier alpha value is -1.55. The highest BCUT2D eigenvalue weighted by molar-refractivity contribution is 8.26. The molecule has 0 bridgehead atoms. The van der Waals surface area contributed by atoms with E-state index in [4.69, 9.17) is 17.0 Å². The van der Waals surface area contributed by atoms with Crippen molar-refractivity contribution in [3.63, 3.8) is 0 Å². The molecule has 6 nitrogen and oxygen atoms in total. The number of rotatable bonds is 5. The molecule has 3 rings (SSSR count). The number of amides is 2. The van der Waals surface area contributed by atoms with Crippen LogP contribution < -0.4 is 10.1 Å². The number of hydrogen-bond acceptors (Lipinski definition) is 7. The van der Waals surface area contributed by atoms with E-state index in [1.165, 1.54) is 16.7 Å². The minimum atomic E-state index is -0.551. The zero-order valence-corrected chi connectivity index (χ0v) is 16.5. The molecular weight excluding hydrogens is 392 g/mol. The smallest absolute Gasteiger partial charge is 0.266 e. The monoisotopic (exact) mass is 410 g/mol. The standard InChI is InChI=1S/C17H18N2O4S3/c1-23-11-4-2-10(3-5-11)6-14-16(22)19(17(24)26-14)7-15(21)18-12-8-25-9-13(12)20/h2-6,12-13,20H,7-9H2,1H3,(H,18,21)/b14-6+/t12-,13-/m1/s1. The number of carbonyl (C=O) groups excluding carboxylic acids is 2. The third-order valence-electron chi connectivity index (χ3n) is 3.99. The van der Waals surface area contributed by atoms with Gasteiger partial charge in [0.05, 0.1) is 24.2 Å². The number of thioether (sulfide) groups is 2. The Kier molecular flexibility index (Phi) is 6.23. The molecule has 0 aliphatic carbocycles. The summed E-state index contributed by atoms with van der Waals surface area (Å²) in [6.07, 6.45) is 1.19. The van der Waals surface area contributed by atoms with Crippen molar-refractivity contribution in [3.8, 4) is 5.75 Å². The maximum Gasteiger partial charge on any atom is 0.266 e. The van der Waals surface area contributed by atoms with E-state index in [0.29, 0.717) is 20.7 Å². The Morgan fingerprint density at radius 3 is 2.77 bits per heavy atom. The first-order valence-corrected chi connectivity index (χ1v) is 10.3. The highest BCUT2D eigenvalue weighted by Gasteiger charge is 2.34. The van der Waals surface area contributed by atoms with E-state index in [1.807, 2.05) is 24.3 Å². The first-order chi connectivity index (χ1) is 12.5. The number of nitrogens with zero attached hydrogens (tertiary/aromatic N) is 1. The topological polar surface area (TPSA) is 78.9 Å². The molecule has 0 aromatic heterocycles. The summed E-state index contributed by atoms with van der Waals surface area (Å²) in [7, 11) is 1.59. The van der Waals surface area contributed by atoms with Crippen molar-refractivity contribution >= 4 is 58.0 Å². The first kappa shape index (κ1) is 19.2. The third kappa shape index (κ3) is 4.40. The Morgan fingerprint density at radius 1 is 1.42 bits per heavy atom. The van der Waals surface area contributed by atoms with Crippen molar-refractivity contribution < 1.29 is 19.4 Å². The van der Waals surface area contributed by atoms with Gasteiger partial charge in [0.1, 0.15) is 16.6 Å². The maximum absolute atomic E-state index is 12.6. The lowest BCUT2D eigenvalue weighted by atomic mass is 10.2. The molecule has 26 heavy (non-hydrogen) atoms. The van der Waals surface area contributed by atoms with Crippen LogP contribution in [0.25, 0.3) is 6.08 Å². The molecule has 2 aliphatic rings. The molecule has 2 aliphatic heterocycles. The molecule has 2 fully saturated rings. The lowest BCUT2D eigenvalue weighted by Crippen LogP contribution is -2.47. The molecular formula is C17H18N2O4S3. The van der Waals surface area contributed by atoms with Gasteiger partial charge in [-0.1, -0.05) is 36.1 Å². The number of methoxy groups -OCH3 is 1. The number of ether oxygens (including phenoxy) is 1. The molecule has 0 radical (unpaired) electrons. The van der Waals surface area contributed by atoms with E-state index in [-0.39, 0.29) is 24.4 Å². The lowest BCUT2D eigenvalue weighted by molar-refractivity contribution is -0.129. The van der Waals surface area contributed by atoms with E-state index in [1.54, 1.807) is 24.9 Å². The normalized spacial score (nSPS) is 24.4. The van der Waals surface area contributed by atoms with Crippen molar-refractivity contribution in [3.05, 3.63) is 34.7 Å². The molecule has 2 heterocycles. The SMILES string of the molecule is COc1ccc(/C=C2/SC(=S)N(CC(=O)N[C@@H]3CSC[C@H]3O)C2=O)cc1. The highest BCUT2D eigenvalue weighted by atomic mass is 32.2. The fourth-order valence-electron chi connectivity index (χ4n) is 2.56. The molecule has 0 spiro atoms. The van der Waals surface area contributed by atoms with Crippen molar-refractivity contribution in [2.24, 2.45) is 0 Å². The summed E-state index contributed by atoms with van der Waals surface area (Å²) in [6, 6.07) is 7.03. The van der Waals surface area contributed by atoms with Crippen LogP contribution in [0.4, 0.5) is 0 Å². The quantitative estimate of drug-likeness (QED) is 0.562. The van der Waals surface area contributed by atoms with Gasteiger partial charge in [-0.2, -0.15) is 11.8 Å². The average Bonchev–Trinajstić information content (AvgIpc) is 3.14. The summed E-state index contributed by atoms with van der Waals surface area (Å²) in [5, 5.41) is 12.6. The molecule has 1 aromatic rings. The number of hydrogen-bond donors (Lipinski definition) is 2. The summed E-state index contributed by atoms with van der Waals surface area (Å²) in [5.41, 5.74) is 0.849. The van der Waals surface area contributed by atoms with Crippen LogP contribution in [0.2, 0.25) is 0 Å². The second-order valence-corrected chi connectivity index (χ2v) is 8.57. The second kappa shape index (κ2) is 8.43. The number of nitrogens with one attached hydrogen (secondary N) is 1. The minimum absolute atomic E-state index is 0.140. The maximum atomic E-state index is 12.6. The molecule has 2 atom stereocenters. The Balaban J connectivity index is 1.64. The average molecular weight is 411 g/mol. The predicted molar refractivity (Wildman–Crippen MR) is 108 cm³/mol. The number of carbonyl (C=O) groups is 2. The third-order valence-corrected chi connectivity index (χ3v) is 6.54. The van der Waals surface area contributed by atoms with E-state index < -0.39 is 6.10 Å². The molecule has 1 aromatic carbocycles. The highest BCUT2D eigenvalue weighted by Crippen LogP contribution is 2.32. The van der Waals surface area contributed by atoms with E-state index in [2.05, 4.69) is 5.32 Å². The van der Waals surface area contributed by atoms with Gasteiger partial charge in [-0.3, -0.25) is 14.5 Å². The van der Waals surface area contributed by atoms with Gasteiger partial charge >= 0.3 is 0 Å². The summed E-state index contributed by atoms with van der Waals surface area (Å²) < 4.78 is 5.47. The first-order valence-electron chi connectivity index (χ1n) is 7.92. The number of aliphatic hydroxyl groups excluding tert-OH is 1. The van der Waals surface area contributed by atoms with Gasteiger partial charge < -0.3 is 15.2 Å². The molecule has 2 saturated heterocycles. The zero-order valence-electron chi connectivity index (χ0n) is 14.0. The molecule has 0 saturated carbocycles. The molecule has 2 N–H and O–H groups in total. The van der Waals surface area contributed by atoms with E-state index >= 15 is 0 Å². The van der Waals surface area contributed by atoms with E-state index in [9.17, 15) is 14.7 Å². The second-order valence-electron chi connectivity index (χ2n) is 5.82. The molecule has 9 heteroatoms. The summed E-state index contributed by atoms with van der Waals surface area (Å²) in [4.78, 5) is 26.5. The van der Waals surface area contributed by atoms with Crippen LogP contribution in [0.15, 0.2) is 29.2 Å². The summed E-state index contributed by atoms with van der Waals surface area (Å²) >= 11 is 8.01. The van der Waals surface area contributed by atoms with E-state index in [0.717, 1.165) is 11.3 Å². The van der Waals surface area contributed by atoms with Crippen LogP contribution >= 0.6 is 35.7 Å². The van der Waals surface area contributed by atoms with Crippen LogP contribution in [-0.4, -0.2) is 63.4 Å². The van der Waals surface area contributed by atoms with Gasteiger partial charge in [0.25, 0.3) is 5.91 Å². The van der Waals surface area contributed by atoms with Crippen molar-refractivity contribution in [2.45, 2.75) is 12.1 Å². The predicted octanol–water partition coefficient (Wildman–Crippen LogP) is 1.49. The van der Waals surface area contributed by atoms with Gasteiger partial charge in [0, 0.05) is 11.5 Å². The Morgan fingerprint density at radius 2 is 2.15 bits per heavy atom. The van der Waals surface area contributed by atoms with Crippen LogP contribution in [0.1, 0.15) is 5.56 Å². The van der Waals surface area contributed by atoms with Gasteiger partial charge in [-0.25, -0.2) is 0 Å². The van der Waals surface area contributed by atoms with Crippen molar-refractivity contribution in [1.82, 2.24) is 10.2 Å². The largest absolute Gasteiger partial charge is 0.497 e. The number of benzene rings is 1. The van der Waals surface area contributed by atoms with Crippen molar-refractivity contribution in [2.75, 3.05) is 25.2 Å². The number of thiocarbonyl (C=S) groups is 1. The fourth-order valence-corrected chi connectivity index (χ4v) is 4.99. The fraction of sp³-hybridized carbons (Fsp3) is 0.353. The zero-order chi connectivity index (χ0) is 18.7. The Bertz CT molecular complexity index is 751. The summed E-state index contributed by atoms with van der Waals surface area (Å²) in [5.74, 6) is 1.41. The minimum Gasteiger partial charge on any atom is -0.497 e. The van der Waals surface area contributed by atoms with Gasteiger partial charge in [0.15, 0.2) is 0 Å². The van der Waals surface area contributed by atoms with Crippen LogP contribution in [0.3, 0.4) is 0 Å². The van der Waals surface area contributed by atoms with Crippen molar-refractivity contribution in [1.29, 1.82) is 0 Å². The van der Waals surface area contributed by atoms with Crippen LogP contribution in [-0.2, 0) is 9.59 Å². The van der Waals surface area contributed by atoms with Gasteiger partial charge in [0.2, 0.25) is 5.91 Å². The van der Waals surface area contributed by atoms with Gasteiger partial charge in [-0.15, -0.1) is 0 Å². The molecule has 138 valence electrons.